The van der Waals surface area contributed by atoms with Crippen molar-refractivity contribution in [2.75, 3.05) is 0 Å². The van der Waals surface area contributed by atoms with Gasteiger partial charge in [-0.25, -0.2) is 0 Å². The van der Waals surface area contributed by atoms with E-state index < -0.39 is 0 Å². The Bertz CT molecular complexity index is 112. The van der Waals surface area contributed by atoms with Crippen LogP contribution in [0, 0.1) is 11.3 Å². The molecule has 0 aromatic heterocycles. The highest BCUT2D eigenvalue weighted by Crippen LogP contribution is 2.30. The topological polar surface area (TPSA) is 26.0 Å². The Morgan fingerprint density at radius 2 is 1.78 bits per heavy atom. The van der Waals surface area contributed by atoms with E-state index in [4.69, 9.17) is 5.73 Å². The van der Waals surface area contributed by atoms with Gasteiger partial charge < -0.3 is 5.73 Å². The molecule has 0 unspecified atom stereocenters. The van der Waals surface area contributed by atoms with Gasteiger partial charge in [-0.1, -0.05) is 34.3 Å². The van der Waals surface area contributed by atoms with Crippen molar-refractivity contribution in [1.29, 1.82) is 0 Å². The second-order valence-corrected chi connectivity index (χ2v) is 3.40. The van der Waals surface area contributed by atoms with Gasteiger partial charge in [-0.3, -0.25) is 0 Å². The van der Waals surface area contributed by atoms with Gasteiger partial charge in [-0.15, -0.1) is 0 Å². The zero-order valence-corrected chi connectivity index (χ0v) is 6.86. The Balaban J connectivity index is 4.19. The lowest BCUT2D eigenvalue weighted by molar-refractivity contribution is 0.308. The van der Waals surface area contributed by atoms with Crippen LogP contribution in [0.5, 0.6) is 0 Å². The summed E-state index contributed by atoms with van der Waals surface area (Å²) < 4.78 is 0. The molecule has 0 amide bonds. The van der Waals surface area contributed by atoms with Crippen molar-refractivity contribution in [1.82, 2.24) is 0 Å². The van der Waals surface area contributed by atoms with E-state index in [2.05, 4.69) is 34.3 Å². The Labute approximate surface area is 57.9 Å². The minimum absolute atomic E-state index is 0.0833. The van der Waals surface area contributed by atoms with Crippen LogP contribution in [0.2, 0.25) is 0 Å². The Morgan fingerprint density at radius 1 is 1.44 bits per heavy atom. The highest BCUT2D eigenvalue weighted by atomic mass is 14.6. The summed E-state index contributed by atoms with van der Waals surface area (Å²) in [6.07, 6.45) is 0. The second-order valence-electron chi connectivity index (χ2n) is 3.40. The van der Waals surface area contributed by atoms with Crippen LogP contribution >= 0.6 is 0 Å². The Hall–Kier alpha value is -0.460. The van der Waals surface area contributed by atoms with E-state index in [1.807, 2.05) is 0 Å². The molecule has 0 radical (unpaired) electrons. The number of allylic oxidation sites excluding steroid dienone is 1. The van der Waals surface area contributed by atoms with Crippen LogP contribution < -0.4 is 5.73 Å². The third-order valence-electron chi connectivity index (χ3n) is 2.27. The van der Waals surface area contributed by atoms with E-state index in [0.717, 1.165) is 5.70 Å². The highest BCUT2D eigenvalue weighted by Gasteiger charge is 2.23. The molecule has 0 atom stereocenters. The van der Waals surface area contributed by atoms with Crippen LogP contribution in [0.3, 0.4) is 0 Å². The molecular weight excluding hydrogens is 110 g/mol. The highest BCUT2D eigenvalue weighted by molar-refractivity contribution is 5.02. The van der Waals surface area contributed by atoms with Crippen molar-refractivity contribution in [3.63, 3.8) is 0 Å². The lowest BCUT2D eigenvalue weighted by Gasteiger charge is -2.28. The monoisotopic (exact) mass is 127 g/mol. The van der Waals surface area contributed by atoms with Gasteiger partial charge in [0, 0.05) is 11.1 Å². The van der Waals surface area contributed by atoms with Crippen LogP contribution in [0.1, 0.15) is 27.7 Å². The first-order valence-electron chi connectivity index (χ1n) is 3.34. The summed E-state index contributed by atoms with van der Waals surface area (Å²) in [4.78, 5) is 0. The molecule has 0 rings (SSSR count). The standard InChI is InChI=1S/C8H17N/c1-6(2)8(4,5)7(3)9/h6H,3,9H2,1-2,4-5H3. The van der Waals surface area contributed by atoms with E-state index in [1.165, 1.54) is 0 Å². The predicted octanol–water partition coefficient (Wildman–Crippen LogP) is 2.14. The third kappa shape index (κ3) is 1.74. The van der Waals surface area contributed by atoms with Gasteiger partial charge in [-0.2, -0.15) is 0 Å². The number of hydrogen-bond donors (Lipinski definition) is 1. The van der Waals surface area contributed by atoms with Gasteiger partial charge in [0.2, 0.25) is 0 Å². The summed E-state index contributed by atoms with van der Waals surface area (Å²) in [5, 5.41) is 0. The molecule has 0 spiro atoms. The maximum Gasteiger partial charge on any atom is 0.00674 e. The molecule has 0 aromatic carbocycles. The second kappa shape index (κ2) is 2.42. The Kier molecular flexibility index (Phi) is 2.30. The van der Waals surface area contributed by atoms with E-state index >= 15 is 0 Å². The molecule has 2 N–H and O–H groups in total. The fraction of sp³-hybridized carbons (Fsp3) is 0.750. The van der Waals surface area contributed by atoms with Crippen LogP contribution in [-0.2, 0) is 0 Å². The minimum atomic E-state index is 0.0833. The van der Waals surface area contributed by atoms with Crippen molar-refractivity contribution in [2.45, 2.75) is 27.7 Å². The first-order valence-corrected chi connectivity index (χ1v) is 3.34. The molecule has 0 saturated heterocycles. The Morgan fingerprint density at radius 3 is 1.78 bits per heavy atom. The molecule has 0 aliphatic heterocycles. The zero-order valence-electron chi connectivity index (χ0n) is 6.86. The van der Waals surface area contributed by atoms with Crippen molar-refractivity contribution in [3.05, 3.63) is 12.3 Å². The maximum absolute atomic E-state index is 5.58. The SMILES string of the molecule is C=C(N)C(C)(C)C(C)C. The fourth-order valence-electron chi connectivity index (χ4n) is 0.371. The van der Waals surface area contributed by atoms with Gasteiger partial charge >= 0.3 is 0 Å². The average Bonchev–Trinajstić information content (AvgIpc) is 1.65. The number of hydrogen-bond acceptors (Lipinski definition) is 1. The maximum atomic E-state index is 5.58. The van der Waals surface area contributed by atoms with Gasteiger partial charge in [-0.05, 0) is 5.92 Å². The predicted molar refractivity (Wildman–Crippen MR) is 41.9 cm³/mol. The van der Waals surface area contributed by atoms with Crippen molar-refractivity contribution < 1.29 is 0 Å². The van der Waals surface area contributed by atoms with E-state index in [9.17, 15) is 0 Å². The fourth-order valence-corrected chi connectivity index (χ4v) is 0.371. The molecule has 0 aliphatic carbocycles. The minimum Gasteiger partial charge on any atom is -0.402 e. The molecule has 9 heavy (non-hydrogen) atoms. The first kappa shape index (κ1) is 8.54. The van der Waals surface area contributed by atoms with Crippen LogP contribution in [-0.4, -0.2) is 0 Å². The number of nitrogens with two attached hydrogens (primary N) is 1. The van der Waals surface area contributed by atoms with Gasteiger partial charge in [0.05, 0.1) is 0 Å². The van der Waals surface area contributed by atoms with E-state index in [0.29, 0.717) is 5.92 Å². The van der Waals surface area contributed by atoms with E-state index in [1.54, 1.807) is 0 Å². The summed E-state index contributed by atoms with van der Waals surface area (Å²) in [6.45, 7) is 12.2. The van der Waals surface area contributed by atoms with Crippen molar-refractivity contribution >= 4 is 0 Å². The molecule has 0 fully saturated rings. The molecule has 1 heteroatoms. The average molecular weight is 127 g/mol. The molecule has 1 nitrogen and oxygen atoms in total. The summed E-state index contributed by atoms with van der Waals surface area (Å²) in [6, 6.07) is 0. The quantitative estimate of drug-likeness (QED) is 0.604. The molecule has 0 heterocycles. The van der Waals surface area contributed by atoms with Crippen LogP contribution in [0.25, 0.3) is 0 Å². The smallest absolute Gasteiger partial charge is 0.00674 e. The summed E-state index contributed by atoms with van der Waals surface area (Å²) in [5.41, 5.74) is 6.44. The van der Waals surface area contributed by atoms with Gasteiger partial charge in [0.1, 0.15) is 0 Å². The number of rotatable bonds is 2. The lowest BCUT2D eigenvalue weighted by atomic mass is 9.79. The van der Waals surface area contributed by atoms with E-state index in [-0.39, 0.29) is 5.41 Å². The summed E-state index contributed by atoms with van der Waals surface area (Å²) >= 11 is 0. The van der Waals surface area contributed by atoms with Crippen LogP contribution in [0.4, 0.5) is 0 Å². The molecule has 54 valence electrons. The summed E-state index contributed by atoms with van der Waals surface area (Å²) in [7, 11) is 0. The molecule has 0 saturated carbocycles. The lowest BCUT2D eigenvalue weighted by Crippen LogP contribution is -2.25. The molecular formula is C8H17N. The van der Waals surface area contributed by atoms with Gasteiger partial charge in [0.15, 0.2) is 0 Å². The van der Waals surface area contributed by atoms with Crippen molar-refractivity contribution in [2.24, 2.45) is 17.1 Å². The molecule has 0 aliphatic rings. The van der Waals surface area contributed by atoms with Crippen molar-refractivity contribution in [3.8, 4) is 0 Å². The van der Waals surface area contributed by atoms with Gasteiger partial charge in [0.25, 0.3) is 0 Å². The van der Waals surface area contributed by atoms with Crippen LogP contribution in [0.15, 0.2) is 12.3 Å². The summed E-state index contributed by atoms with van der Waals surface area (Å²) in [5.74, 6) is 0.565. The molecule has 0 bridgehead atoms. The normalized spacial score (nSPS) is 12.1. The third-order valence-corrected chi connectivity index (χ3v) is 2.27. The first-order chi connectivity index (χ1) is 3.89. The molecule has 0 aromatic rings. The zero-order chi connectivity index (χ0) is 7.65. The largest absolute Gasteiger partial charge is 0.402 e.